The molecule has 0 aliphatic heterocycles. The molecular weight excluding hydrogens is 358 g/mol. The van der Waals surface area contributed by atoms with E-state index in [1.807, 2.05) is 42.5 Å². The largest absolute Gasteiger partial charge is 0.332 e. The number of carbonyl (C=O) groups excluding carboxylic acids is 2. The monoisotopic (exact) mass is 377 g/mol. The van der Waals surface area contributed by atoms with Gasteiger partial charge in [0.2, 0.25) is 11.8 Å². The highest BCUT2D eigenvalue weighted by atomic mass is 32.1. The van der Waals surface area contributed by atoms with Crippen LogP contribution in [0.15, 0.2) is 66.7 Å². The molecule has 0 unspecified atom stereocenters. The second-order valence-corrected chi connectivity index (χ2v) is 6.49. The summed E-state index contributed by atoms with van der Waals surface area (Å²) in [6.45, 7) is 1.44. The first kappa shape index (κ1) is 18.5. The highest BCUT2D eigenvalue weighted by molar-refractivity contribution is 7.80. The number of carbonyl (C=O) groups is 2. The van der Waals surface area contributed by atoms with Crippen molar-refractivity contribution in [3.8, 4) is 0 Å². The van der Waals surface area contributed by atoms with E-state index < -0.39 is 0 Å². The van der Waals surface area contributed by atoms with Crippen molar-refractivity contribution >= 4 is 51.3 Å². The fourth-order valence-corrected chi connectivity index (χ4v) is 3.06. The number of hydrogen-bond acceptors (Lipinski definition) is 3. The molecule has 0 fully saturated rings. The molecule has 3 aromatic rings. The van der Waals surface area contributed by atoms with Crippen LogP contribution in [-0.2, 0) is 16.0 Å². The average Bonchev–Trinajstić information content (AvgIpc) is 2.61. The first-order chi connectivity index (χ1) is 13.0. The van der Waals surface area contributed by atoms with Gasteiger partial charge in [-0.3, -0.25) is 9.59 Å². The van der Waals surface area contributed by atoms with Crippen LogP contribution in [0.3, 0.4) is 0 Å². The summed E-state index contributed by atoms with van der Waals surface area (Å²) in [4.78, 5) is 23.5. The lowest BCUT2D eigenvalue weighted by atomic mass is 10.0. The zero-order chi connectivity index (χ0) is 19.2. The van der Waals surface area contributed by atoms with Crippen LogP contribution in [0.4, 0.5) is 11.4 Å². The summed E-state index contributed by atoms with van der Waals surface area (Å²) in [5.41, 5.74) is 2.27. The number of rotatable bonds is 4. The first-order valence-electron chi connectivity index (χ1n) is 8.46. The second kappa shape index (κ2) is 8.42. The normalized spacial score (nSPS) is 10.3. The van der Waals surface area contributed by atoms with E-state index in [2.05, 4.69) is 16.0 Å². The van der Waals surface area contributed by atoms with E-state index in [1.165, 1.54) is 6.92 Å². The second-order valence-electron chi connectivity index (χ2n) is 6.08. The van der Waals surface area contributed by atoms with Gasteiger partial charge in [0.15, 0.2) is 5.11 Å². The molecule has 3 rings (SSSR count). The van der Waals surface area contributed by atoms with Crippen molar-refractivity contribution in [1.29, 1.82) is 0 Å². The van der Waals surface area contributed by atoms with E-state index in [-0.39, 0.29) is 23.3 Å². The minimum absolute atomic E-state index is 0.155. The molecule has 0 saturated carbocycles. The van der Waals surface area contributed by atoms with Crippen molar-refractivity contribution in [2.75, 3.05) is 10.6 Å². The minimum Gasteiger partial charge on any atom is -0.332 e. The first-order valence-corrected chi connectivity index (χ1v) is 8.87. The Morgan fingerprint density at radius 2 is 1.56 bits per heavy atom. The van der Waals surface area contributed by atoms with Crippen LogP contribution >= 0.6 is 12.2 Å². The number of nitrogens with one attached hydrogen (secondary N) is 3. The van der Waals surface area contributed by atoms with Gasteiger partial charge in [-0.25, -0.2) is 0 Å². The molecule has 0 bridgehead atoms. The number of fused-ring (bicyclic) bond motifs is 1. The lowest BCUT2D eigenvalue weighted by Crippen LogP contribution is -2.35. The van der Waals surface area contributed by atoms with Gasteiger partial charge in [0, 0.05) is 18.3 Å². The summed E-state index contributed by atoms with van der Waals surface area (Å²) in [6.07, 6.45) is 0.231. The Bertz CT molecular complexity index is 1010. The summed E-state index contributed by atoms with van der Waals surface area (Å²) in [5.74, 6) is -0.347. The van der Waals surface area contributed by atoms with Gasteiger partial charge in [-0.1, -0.05) is 48.5 Å². The molecule has 0 heterocycles. The van der Waals surface area contributed by atoms with E-state index in [9.17, 15) is 9.59 Å². The maximum absolute atomic E-state index is 12.4. The third-order valence-electron chi connectivity index (χ3n) is 3.92. The smallest absolute Gasteiger partial charge is 0.230 e. The Kier molecular flexibility index (Phi) is 5.78. The fraction of sp³-hybridized carbons (Fsp3) is 0.0952. The van der Waals surface area contributed by atoms with Crippen LogP contribution in [0.1, 0.15) is 12.5 Å². The molecule has 5 nitrogen and oxygen atoms in total. The summed E-state index contributed by atoms with van der Waals surface area (Å²) in [7, 11) is 0. The molecule has 0 aliphatic carbocycles. The van der Waals surface area contributed by atoms with E-state index >= 15 is 0 Å². The molecular formula is C21H19N3O2S. The molecule has 0 aliphatic rings. The number of amides is 2. The molecule has 3 aromatic carbocycles. The van der Waals surface area contributed by atoms with Crippen molar-refractivity contribution in [2.24, 2.45) is 0 Å². The van der Waals surface area contributed by atoms with Gasteiger partial charge in [-0.15, -0.1) is 0 Å². The summed E-state index contributed by atoms with van der Waals surface area (Å²) < 4.78 is 0. The van der Waals surface area contributed by atoms with Crippen LogP contribution in [0.5, 0.6) is 0 Å². The molecule has 0 atom stereocenters. The number of thiocarbonyl (C=S) groups is 1. The summed E-state index contributed by atoms with van der Waals surface area (Å²) >= 11 is 5.23. The van der Waals surface area contributed by atoms with Crippen LogP contribution in [0.2, 0.25) is 0 Å². The molecule has 27 heavy (non-hydrogen) atoms. The van der Waals surface area contributed by atoms with E-state index in [0.29, 0.717) is 11.4 Å². The van der Waals surface area contributed by atoms with E-state index in [1.54, 1.807) is 24.3 Å². The lowest BCUT2D eigenvalue weighted by molar-refractivity contribution is -0.119. The number of benzene rings is 3. The summed E-state index contributed by atoms with van der Waals surface area (Å²) in [5, 5.41) is 10.7. The molecule has 3 N–H and O–H groups in total. The topological polar surface area (TPSA) is 70.2 Å². The standard InChI is InChI=1S/C21H19N3O2S/c1-14(25)22-17-9-5-10-18(13-17)23-21(27)24-20(26)12-16-8-4-7-15-6-2-3-11-19(15)16/h2-11,13H,12H2,1H3,(H,22,25)(H2,23,24,26,27). The SMILES string of the molecule is CC(=O)Nc1cccc(NC(=S)NC(=O)Cc2cccc3ccccc23)c1. The van der Waals surface area contributed by atoms with Gasteiger partial charge < -0.3 is 16.0 Å². The lowest BCUT2D eigenvalue weighted by Gasteiger charge is -2.12. The van der Waals surface area contributed by atoms with Crippen molar-refractivity contribution in [1.82, 2.24) is 5.32 Å². The number of hydrogen-bond donors (Lipinski definition) is 3. The molecule has 6 heteroatoms. The van der Waals surface area contributed by atoms with Crippen LogP contribution < -0.4 is 16.0 Å². The van der Waals surface area contributed by atoms with Crippen molar-refractivity contribution < 1.29 is 9.59 Å². The average molecular weight is 377 g/mol. The molecule has 2 amide bonds. The van der Waals surface area contributed by atoms with Crippen molar-refractivity contribution in [3.63, 3.8) is 0 Å². The van der Waals surface area contributed by atoms with E-state index in [4.69, 9.17) is 12.2 Å². The van der Waals surface area contributed by atoms with Crippen molar-refractivity contribution in [2.45, 2.75) is 13.3 Å². The Balaban J connectivity index is 1.62. The van der Waals surface area contributed by atoms with Gasteiger partial charge >= 0.3 is 0 Å². The van der Waals surface area contributed by atoms with Crippen LogP contribution in [0, 0.1) is 0 Å². The Labute approximate surface area is 162 Å². The Morgan fingerprint density at radius 1 is 0.889 bits per heavy atom. The van der Waals surface area contributed by atoms with Crippen LogP contribution in [0.25, 0.3) is 10.8 Å². The zero-order valence-electron chi connectivity index (χ0n) is 14.8. The molecule has 0 saturated heterocycles. The Hall–Kier alpha value is -3.25. The molecule has 0 radical (unpaired) electrons. The van der Waals surface area contributed by atoms with E-state index in [0.717, 1.165) is 16.3 Å². The zero-order valence-corrected chi connectivity index (χ0v) is 15.6. The third-order valence-corrected chi connectivity index (χ3v) is 4.13. The van der Waals surface area contributed by atoms with Gasteiger partial charge in [0.25, 0.3) is 0 Å². The highest BCUT2D eigenvalue weighted by Crippen LogP contribution is 2.19. The molecule has 0 spiro atoms. The van der Waals surface area contributed by atoms with Gasteiger partial charge in [0.05, 0.1) is 6.42 Å². The fourth-order valence-electron chi connectivity index (χ4n) is 2.83. The van der Waals surface area contributed by atoms with Gasteiger partial charge in [0.1, 0.15) is 0 Å². The predicted octanol–water partition coefficient (Wildman–Crippen LogP) is 3.85. The highest BCUT2D eigenvalue weighted by Gasteiger charge is 2.09. The molecule has 0 aromatic heterocycles. The van der Waals surface area contributed by atoms with Crippen molar-refractivity contribution in [3.05, 3.63) is 72.3 Å². The Morgan fingerprint density at radius 3 is 2.33 bits per heavy atom. The van der Waals surface area contributed by atoms with Gasteiger partial charge in [-0.2, -0.15) is 0 Å². The quantitative estimate of drug-likeness (QED) is 0.604. The number of anilines is 2. The minimum atomic E-state index is -0.193. The maximum atomic E-state index is 12.4. The van der Waals surface area contributed by atoms with Crippen LogP contribution in [-0.4, -0.2) is 16.9 Å². The molecule has 136 valence electrons. The summed E-state index contributed by atoms with van der Waals surface area (Å²) in [6, 6.07) is 20.9. The van der Waals surface area contributed by atoms with Gasteiger partial charge in [-0.05, 0) is 46.8 Å². The predicted molar refractivity (Wildman–Crippen MR) is 113 cm³/mol. The third kappa shape index (κ3) is 5.12. The maximum Gasteiger partial charge on any atom is 0.230 e.